The molecule has 8 nitrogen and oxygen atoms in total. The molecule has 132 valence electrons. The van der Waals surface area contributed by atoms with Crippen LogP contribution in [0.5, 0.6) is 5.75 Å². The van der Waals surface area contributed by atoms with Crippen LogP contribution in [0.4, 0.5) is 0 Å². The maximum atomic E-state index is 11.9. The Morgan fingerprint density at radius 1 is 1.27 bits per heavy atom. The number of aromatic nitrogens is 4. The summed E-state index contributed by atoms with van der Waals surface area (Å²) < 4.78 is 1.27. The summed E-state index contributed by atoms with van der Waals surface area (Å²) in [7, 11) is 0. The molecule has 0 atom stereocenters. The van der Waals surface area contributed by atoms with Crippen LogP contribution in [0.25, 0.3) is 11.4 Å². The molecule has 1 aromatic heterocycles. The number of benzene rings is 2. The fourth-order valence-electron chi connectivity index (χ4n) is 2.03. The maximum absolute atomic E-state index is 11.9. The third-order valence-electron chi connectivity index (χ3n) is 3.22. The van der Waals surface area contributed by atoms with Gasteiger partial charge in [0.05, 0.1) is 10.7 Å². The molecule has 0 fully saturated rings. The van der Waals surface area contributed by atoms with Crippen LogP contribution in [0.1, 0.15) is 5.56 Å². The summed E-state index contributed by atoms with van der Waals surface area (Å²) in [5.41, 5.74) is 3.61. The number of carbonyl (C=O) groups excluding carboxylic acids is 1. The second-order valence-electron chi connectivity index (χ2n) is 5.13. The fourth-order valence-corrected chi connectivity index (χ4v) is 3.29. The lowest BCUT2D eigenvalue weighted by Crippen LogP contribution is -2.24. The largest absolute Gasteiger partial charge is 0.506 e. The van der Waals surface area contributed by atoms with E-state index in [9.17, 15) is 9.90 Å². The quantitative estimate of drug-likeness (QED) is 0.432. The first-order valence-electron chi connectivity index (χ1n) is 7.36. The second-order valence-corrected chi connectivity index (χ2v) is 6.90. The van der Waals surface area contributed by atoms with E-state index in [0.717, 1.165) is 10.0 Å². The zero-order chi connectivity index (χ0) is 18.5. The molecule has 0 saturated heterocycles. The first-order valence-corrected chi connectivity index (χ1v) is 8.94. The summed E-state index contributed by atoms with van der Waals surface area (Å²) in [6.45, 7) is -0.134. The lowest BCUT2D eigenvalue weighted by molar-refractivity contribution is -0.122. The summed E-state index contributed by atoms with van der Waals surface area (Å²) in [5.74, 6) is 0.0364. The van der Waals surface area contributed by atoms with Gasteiger partial charge < -0.3 is 5.11 Å². The predicted octanol–water partition coefficient (Wildman–Crippen LogP) is 2.72. The number of carbonyl (C=O) groups is 1. The zero-order valence-corrected chi connectivity index (χ0v) is 16.3. The van der Waals surface area contributed by atoms with Crippen LogP contribution in [0.3, 0.4) is 0 Å². The number of amides is 1. The van der Waals surface area contributed by atoms with E-state index in [1.807, 2.05) is 30.3 Å². The molecule has 10 heteroatoms. The fraction of sp³-hybridized carbons (Fsp3) is 0.0625. The minimum absolute atomic E-state index is 0.0247. The average Bonchev–Trinajstić information content (AvgIpc) is 3.08. The van der Waals surface area contributed by atoms with Gasteiger partial charge in [0, 0.05) is 15.6 Å². The third-order valence-corrected chi connectivity index (χ3v) is 4.28. The smallest absolute Gasteiger partial charge is 0.263 e. The number of hydrazone groups is 1. The van der Waals surface area contributed by atoms with Crippen LogP contribution in [0.2, 0.25) is 0 Å². The normalized spacial score (nSPS) is 11.0. The number of phenols is 1. The zero-order valence-electron chi connectivity index (χ0n) is 13.2. The third kappa shape index (κ3) is 4.52. The lowest BCUT2D eigenvalue weighted by atomic mass is 10.2. The number of nitrogens with one attached hydrogen (secondary N) is 1. The topological polar surface area (TPSA) is 105 Å². The molecule has 0 saturated carbocycles. The predicted molar refractivity (Wildman–Crippen MR) is 102 cm³/mol. The molecule has 3 rings (SSSR count). The van der Waals surface area contributed by atoms with Crippen LogP contribution in [0.15, 0.2) is 56.5 Å². The highest BCUT2D eigenvalue weighted by Gasteiger charge is 2.09. The molecule has 0 aliphatic rings. The van der Waals surface area contributed by atoms with Gasteiger partial charge in [0.15, 0.2) is 0 Å². The number of nitrogens with zero attached hydrogens (tertiary/aromatic N) is 5. The number of aromatic hydroxyl groups is 1. The molecule has 0 bridgehead atoms. The molecule has 0 aliphatic carbocycles. The molecule has 2 aromatic carbocycles. The Balaban J connectivity index is 1.61. The molecule has 1 amide bonds. The van der Waals surface area contributed by atoms with E-state index in [0.29, 0.717) is 15.9 Å². The molecule has 0 spiro atoms. The molecule has 0 radical (unpaired) electrons. The number of phenolic OH excluding ortho intramolecular Hbond substituents is 1. The molecular formula is C16H12Br2N6O2. The number of halogens is 2. The van der Waals surface area contributed by atoms with E-state index < -0.39 is 5.91 Å². The lowest BCUT2D eigenvalue weighted by Gasteiger charge is -2.03. The van der Waals surface area contributed by atoms with Crippen molar-refractivity contribution >= 4 is 44.0 Å². The highest BCUT2D eigenvalue weighted by molar-refractivity contribution is 9.11. The highest BCUT2D eigenvalue weighted by atomic mass is 79.9. The van der Waals surface area contributed by atoms with Gasteiger partial charge in [-0.2, -0.15) is 9.90 Å². The molecule has 0 unspecified atom stereocenters. The van der Waals surface area contributed by atoms with E-state index in [2.05, 4.69) is 57.8 Å². The summed E-state index contributed by atoms with van der Waals surface area (Å²) >= 11 is 6.54. The Morgan fingerprint density at radius 3 is 2.81 bits per heavy atom. The van der Waals surface area contributed by atoms with Crippen LogP contribution in [0, 0.1) is 0 Å². The van der Waals surface area contributed by atoms with Gasteiger partial charge >= 0.3 is 0 Å². The van der Waals surface area contributed by atoms with Crippen LogP contribution in [-0.4, -0.2) is 37.4 Å². The van der Waals surface area contributed by atoms with Crippen molar-refractivity contribution in [3.8, 4) is 17.1 Å². The van der Waals surface area contributed by atoms with Gasteiger partial charge in [0.2, 0.25) is 5.82 Å². The first kappa shape index (κ1) is 18.2. The number of hydrogen-bond donors (Lipinski definition) is 2. The van der Waals surface area contributed by atoms with Crippen molar-refractivity contribution in [2.75, 3.05) is 0 Å². The number of hydrogen-bond acceptors (Lipinski definition) is 6. The van der Waals surface area contributed by atoms with Crippen molar-refractivity contribution in [3.05, 3.63) is 57.0 Å². The van der Waals surface area contributed by atoms with Gasteiger partial charge in [-0.15, -0.1) is 10.2 Å². The van der Waals surface area contributed by atoms with E-state index in [1.165, 1.54) is 11.0 Å². The SMILES string of the molecule is O=C(Cn1nnc(-c2ccccc2)n1)N/N=C/c1cc(Br)cc(Br)c1O. The molecule has 2 N–H and O–H groups in total. The van der Waals surface area contributed by atoms with Crippen LogP contribution in [-0.2, 0) is 11.3 Å². The Hall–Kier alpha value is -2.59. The number of rotatable bonds is 5. The van der Waals surface area contributed by atoms with Gasteiger partial charge in [-0.05, 0) is 33.3 Å². The Morgan fingerprint density at radius 2 is 2.04 bits per heavy atom. The summed E-state index contributed by atoms with van der Waals surface area (Å²) in [5, 5.41) is 25.7. The van der Waals surface area contributed by atoms with Gasteiger partial charge in [-0.3, -0.25) is 4.79 Å². The van der Waals surface area contributed by atoms with Crippen LogP contribution >= 0.6 is 31.9 Å². The van der Waals surface area contributed by atoms with Crippen molar-refractivity contribution < 1.29 is 9.90 Å². The molecule has 0 aliphatic heterocycles. The molecule has 3 aromatic rings. The van der Waals surface area contributed by atoms with E-state index in [1.54, 1.807) is 12.1 Å². The van der Waals surface area contributed by atoms with Crippen molar-refractivity contribution in [1.82, 2.24) is 25.6 Å². The Bertz CT molecular complexity index is 959. The molecular weight excluding hydrogens is 468 g/mol. The average molecular weight is 480 g/mol. The van der Waals surface area contributed by atoms with E-state index >= 15 is 0 Å². The van der Waals surface area contributed by atoms with E-state index in [4.69, 9.17) is 0 Å². The van der Waals surface area contributed by atoms with Crippen molar-refractivity contribution in [2.45, 2.75) is 6.54 Å². The maximum Gasteiger partial charge on any atom is 0.263 e. The summed E-state index contributed by atoms with van der Waals surface area (Å²) in [4.78, 5) is 13.1. The number of tetrazole rings is 1. The van der Waals surface area contributed by atoms with Crippen LogP contribution < -0.4 is 5.43 Å². The first-order chi connectivity index (χ1) is 12.5. The van der Waals surface area contributed by atoms with Gasteiger partial charge in [-0.25, -0.2) is 5.43 Å². The van der Waals surface area contributed by atoms with Gasteiger partial charge in [0.25, 0.3) is 5.91 Å². The Labute approximate surface area is 165 Å². The van der Waals surface area contributed by atoms with Crippen molar-refractivity contribution in [3.63, 3.8) is 0 Å². The second kappa shape index (κ2) is 8.19. The standard InChI is InChI=1S/C16H12Br2N6O2/c17-12-6-11(15(26)13(18)7-12)8-19-20-14(25)9-24-22-16(21-23-24)10-4-2-1-3-5-10/h1-8,26H,9H2,(H,20,25)/b19-8+. The highest BCUT2D eigenvalue weighted by Crippen LogP contribution is 2.30. The summed E-state index contributed by atoms with van der Waals surface area (Å²) in [6.07, 6.45) is 1.34. The minimum atomic E-state index is -0.424. The molecule has 26 heavy (non-hydrogen) atoms. The van der Waals surface area contributed by atoms with E-state index in [-0.39, 0.29) is 12.3 Å². The van der Waals surface area contributed by atoms with Gasteiger partial charge in [-0.1, -0.05) is 46.3 Å². The van der Waals surface area contributed by atoms with Crippen molar-refractivity contribution in [2.24, 2.45) is 5.10 Å². The van der Waals surface area contributed by atoms with Gasteiger partial charge in [0.1, 0.15) is 12.3 Å². The molecule has 1 heterocycles. The minimum Gasteiger partial charge on any atom is -0.506 e. The van der Waals surface area contributed by atoms with Crippen molar-refractivity contribution in [1.29, 1.82) is 0 Å². The summed E-state index contributed by atoms with van der Waals surface area (Å²) in [6, 6.07) is 12.7. The Kier molecular flexibility index (Phi) is 5.74. The monoisotopic (exact) mass is 478 g/mol.